The van der Waals surface area contributed by atoms with Gasteiger partial charge in [0.1, 0.15) is 0 Å². The number of nitriles is 1. The molecule has 0 aliphatic rings. The number of rotatable bonds is 7. The Morgan fingerprint density at radius 3 is 2.30 bits per heavy atom. The van der Waals surface area contributed by atoms with E-state index in [2.05, 4.69) is 41.7 Å². The highest BCUT2D eigenvalue weighted by atomic mass is 14.8. The van der Waals surface area contributed by atoms with E-state index < -0.39 is 0 Å². The predicted molar refractivity (Wildman–Crippen MR) is 82.2 cm³/mol. The van der Waals surface area contributed by atoms with Crippen LogP contribution in [-0.4, -0.2) is 6.54 Å². The number of nitrogens with one attached hydrogen (secondary N) is 1. The zero-order valence-electron chi connectivity index (χ0n) is 11.7. The summed E-state index contributed by atoms with van der Waals surface area (Å²) in [6, 6.07) is 20.5. The highest BCUT2D eigenvalue weighted by molar-refractivity contribution is 5.31. The third-order valence-corrected chi connectivity index (χ3v) is 3.32. The number of aryl methyl sites for hydroxylation is 1. The van der Waals surface area contributed by atoms with Crippen LogP contribution in [0.5, 0.6) is 0 Å². The quantitative estimate of drug-likeness (QED) is 0.774. The van der Waals surface area contributed by atoms with Gasteiger partial charge >= 0.3 is 0 Å². The molecule has 0 spiro atoms. The summed E-state index contributed by atoms with van der Waals surface area (Å²) in [6.07, 6.45) is 3.55. The fourth-order valence-corrected chi connectivity index (χ4v) is 2.15. The molecule has 0 saturated carbocycles. The van der Waals surface area contributed by atoms with Crippen LogP contribution in [0.25, 0.3) is 0 Å². The summed E-state index contributed by atoms with van der Waals surface area (Å²) in [5.74, 6) is 0. The molecule has 2 heteroatoms. The van der Waals surface area contributed by atoms with Gasteiger partial charge in [-0.05, 0) is 49.1 Å². The molecule has 0 heterocycles. The van der Waals surface area contributed by atoms with E-state index in [0.29, 0.717) is 0 Å². The van der Waals surface area contributed by atoms with E-state index >= 15 is 0 Å². The summed E-state index contributed by atoms with van der Waals surface area (Å²) in [4.78, 5) is 0. The summed E-state index contributed by atoms with van der Waals surface area (Å²) in [7, 11) is 0. The van der Waals surface area contributed by atoms with Crippen LogP contribution in [0, 0.1) is 11.3 Å². The minimum atomic E-state index is 0.719. The smallest absolute Gasteiger partial charge is 0.0991 e. The number of hydrogen-bond acceptors (Lipinski definition) is 2. The maximum absolute atomic E-state index is 8.73. The van der Waals surface area contributed by atoms with Crippen molar-refractivity contribution in [3.63, 3.8) is 0 Å². The van der Waals surface area contributed by atoms with Crippen LogP contribution in [-0.2, 0) is 13.0 Å². The molecule has 0 unspecified atom stereocenters. The summed E-state index contributed by atoms with van der Waals surface area (Å²) >= 11 is 0. The lowest BCUT2D eigenvalue weighted by Gasteiger charge is -2.05. The van der Waals surface area contributed by atoms with Gasteiger partial charge in [0.2, 0.25) is 0 Å². The second kappa shape index (κ2) is 8.14. The van der Waals surface area contributed by atoms with Crippen molar-refractivity contribution >= 4 is 0 Å². The van der Waals surface area contributed by atoms with Gasteiger partial charge < -0.3 is 5.32 Å². The zero-order chi connectivity index (χ0) is 14.0. The zero-order valence-corrected chi connectivity index (χ0v) is 11.7. The van der Waals surface area contributed by atoms with Gasteiger partial charge in [-0.2, -0.15) is 5.26 Å². The summed E-state index contributed by atoms with van der Waals surface area (Å²) in [5.41, 5.74) is 3.36. The Labute approximate surface area is 121 Å². The first-order valence-electron chi connectivity index (χ1n) is 7.12. The van der Waals surface area contributed by atoms with Gasteiger partial charge in [0.25, 0.3) is 0 Å². The van der Waals surface area contributed by atoms with Crippen LogP contribution in [0.4, 0.5) is 0 Å². The molecule has 0 amide bonds. The maximum atomic E-state index is 8.73. The second-order valence-corrected chi connectivity index (χ2v) is 4.93. The molecule has 2 aromatic carbocycles. The third-order valence-electron chi connectivity index (χ3n) is 3.32. The standard InChI is InChI=1S/C18H20N2/c19-14-17-9-11-18(12-10-17)15-20-13-5-4-8-16-6-2-1-3-7-16/h1-3,6-7,9-12,20H,4-5,8,13,15H2. The molecule has 1 N–H and O–H groups in total. The Morgan fingerprint density at radius 2 is 1.60 bits per heavy atom. The third kappa shape index (κ3) is 4.87. The molecule has 0 aromatic heterocycles. The van der Waals surface area contributed by atoms with Crippen molar-refractivity contribution in [2.75, 3.05) is 6.54 Å². The lowest BCUT2D eigenvalue weighted by molar-refractivity contribution is 0.623. The van der Waals surface area contributed by atoms with E-state index in [-0.39, 0.29) is 0 Å². The summed E-state index contributed by atoms with van der Waals surface area (Å²) in [5, 5.41) is 12.2. The van der Waals surface area contributed by atoms with Crippen LogP contribution in [0.1, 0.15) is 29.5 Å². The minimum absolute atomic E-state index is 0.719. The van der Waals surface area contributed by atoms with Crippen molar-refractivity contribution < 1.29 is 0 Å². The second-order valence-electron chi connectivity index (χ2n) is 4.93. The molecule has 0 aliphatic carbocycles. The molecule has 2 nitrogen and oxygen atoms in total. The SMILES string of the molecule is N#Cc1ccc(CNCCCCc2ccccc2)cc1. The molecule has 20 heavy (non-hydrogen) atoms. The molecule has 0 saturated heterocycles. The first kappa shape index (κ1) is 14.3. The minimum Gasteiger partial charge on any atom is -0.313 e. The van der Waals surface area contributed by atoms with Crippen molar-refractivity contribution in [3.8, 4) is 6.07 Å². The van der Waals surface area contributed by atoms with Gasteiger partial charge in [-0.25, -0.2) is 0 Å². The van der Waals surface area contributed by atoms with E-state index in [1.807, 2.05) is 24.3 Å². The average Bonchev–Trinajstić information content (AvgIpc) is 2.52. The van der Waals surface area contributed by atoms with Crippen LogP contribution >= 0.6 is 0 Å². The Bertz CT molecular complexity index is 538. The maximum Gasteiger partial charge on any atom is 0.0991 e. The van der Waals surface area contributed by atoms with Gasteiger partial charge in [0.15, 0.2) is 0 Å². The summed E-state index contributed by atoms with van der Waals surface area (Å²) in [6.45, 7) is 1.91. The van der Waals surface area contributed by atoms with Gasteiger partial charge in [0.05, 0.1) is 11.6 Å². The molecular formula is C18H20N2. The first-order chi connectivity index (χ1) is 9.88. The van der Waals surface area contributed by atoms with Crippen molar-refractivity contribution in [2.24, 2.45) is 0 Å². The lowest BCUT2D eigenvalue weighted by atomic mass is 10.1. The number of unbranched alkanes of at least 4 members (excludes halogenated alkanes) is 1. The van der Waals surface area contributed by atoms with Crippen LogP contribution in [0.2, 0.25) is 0 Å². The Morgan fingerprint density at radius 1 is 0.850 bits per heavy atom. The van der Waals surface area contributed by atoms with E-state index in [0.717, 1.165) is 25.1 Å². The van der Waals surface area contributed by atoms with Crippen LogP contribution in [0.3, 0.4) is 0 Å². The number of benzene rings is 2. The average molecular weight is 264 g/mol. The van der Waals surface area contributed by atoms with Crippen molar-refractivity contribution in [3.05, 3.63) is 71.3 Å². The fourth-order valence-electron chi connectivity index (χ4n) is 2.15. The highest BCUT2D eigenvalue weighted by Gasteiger charge is 1.95. The van der Waals surface area contributed by atoms with Crippen molar-refractivity contribution in [1.82, 2.24) is 5.32 Å². The molecular weight excluding hydrogens is 244 g/mol. The van der Waals surface area contributed by atoms with Crippen LogP contribution in [0.15, 0.2) is 54.6 Å². The summed E-state index contributed by atoms with van der Waals surface area (Å²) < 4.78 is 0. The van der Waals surface area contributed by atoms with Gasteiger partial charge in [-0.3, -0.25) is 0 Å². The lowest BCUT2D eigenvalue weighted by Crippen LogP contribution is -2.14. The molecule has 2 aromatic rings. The Balaban J connectivity index is 1.58. The van der Waals surface area contributed by atoms with Gasteiger partial charge in [-0.1, -0.05) is 42.5 Å². The van der Waals surface area contributed by atoms with Crippen molar-refractivity contribution in [1.29, 1.82) is 5.26 Å². The predicted octanol–water partition coefficient (Wildman–Crippen LogP) is 3.67. The van der Waals surface area contributed by atoms with Crippen LogP contribution < -0.4 is 5.32 Å². The Hall–Kier alpha value is -2.11. The monoisotopic (exact) mass is 264 g/mol. The largest absolute Gasteiger partial charge is 0.313 e. The molecule has 0 aliphatic heterocycles. The fraction of sp³-hybridized carbons (Fsp3) is 0.278. The Kier molecular flexibility index (Phi) is 5.82. The number of nitrogens with zero attached hydrogens (tertiary/aromatic N) is 1. The molecule has 0 fully saturated rings. The molecule has 0 atom stereocenters. The van der Waals surface area contributed by atoms with E-state index in [9.17, 15) is 0 Å². The number of hydrogen-bond donors (Lipinski definition) is 1. The molecule has 0 bridgehead atoms. The van der Waals surface area contributed by atoms with Gasteiger partial charge in [0, 0.05) is 6.54 Å². The molecule has 2 rings (SSSR count). The van der Waals surface area contributed by atoms with E-state index in [1.165, 1.54) is 24.0 Å². The van der Waals surface area contributed by atoms with Gasteiger partial charge in [-0.15, -0.1) is 0 Å². The van der Waals surface area contributed by atoms with Crippen molar-refractivity contribution in [2.45, 2.75) is 25.8 Å². The normalized spacial score (nSPS) is 10.2. The van der Waals surface area contributed by atoms with E-state index in [4.69, 9.17) is 5.26 Å². The van der Waals surface area contributed by atoms with E-state index in [1.54, 1.807) is 0 Å². The first-order valence-corrected chi connectivity index (χ1v) is 7.12. The molecule has 0 radical (unpaired) electrons. The molecule has 102 valence electrons. The topological polar surface area (TPSA) is 35.8 Å². The highest BCUT2D eigenvalue weighted by Crippen LogP contribution is 2.05.